The molecule has 0 atom stereocenters. The zero-order valence-electron chi connectivity index (χ0n) is 13.5. The molecule has 0 aliphatic rings. The van der Waals surface area contributed by atoms with Gasteiger partial charge in [0.25, 0.3) is 10.0 Å². The fourth-order valence-electron chi connectivity index (χ4n) is 2.58. The van der Waals surface area contributed by atoms with Gasteiger partial charge in [-0.1, -0.05) is 30.3 Å². The quantitative estimate of drug-likeness (QED) is 0.589. The highest BCUT2D eigenvalue weighted by molar-refractivity contribution is 7.92. The zero-order chi connectivity index (χ0) is 18.9. The second-order valence-corrected chi connectivity index (χ2v) is 6.97. The summed E-state index contributed by atoms with van der Waals surface area (Å²) in [6.07, 6.45) is 0. The predicted molar refractivity (Wildman–Crippen MR) is 93.8 cm³/mol. The number of aromatic nitrogens is 1. The van der Waals surface area contributed by atoms with Crippen molar-refractivity contribution in [3.63, 3.8) is 0 Å². The molecule has 1 heterocycles. The van der Waals surface area contributed by atoms with Crippen LogP contribution in [0.25, 0.3) is 10.9 Å². The number of H-pyrrole nitrogens is 1. The number of carboxylic acids is 1. The number of aromatic carboxylic acids is 1. The number of hydrogen-bond donors (Lipinski definition) is 3. The number of carbonyl (C=O) groups excluding carboxylic acids is 1. The van der Waals surface area contributed by atoms with Crippen LogP contribution in [0.15, 0.2) is 53.4 Å². The van der Waals surface area contributed by atoms with Gasteiger partial charge in [0, 0.05) is 10.9 Å². The molecule has 9 heteroatoms. The summed E-state index contributed by atoms with van der Waals surface area (Å²) >= 11 is 0. The minimum absolute atomic E-state index is 0.104. The van der Waals surface area contributed by atoms with E-state index in [0.29, 0.717) is 10.9 Å². The lowest BCUT2D eigenvalue weighted by Crippen LogP contribution is -2.18. The Balaban J connectivity index is 2.15. The molecule has 3 aromatic rings. The molecule has 0 spiro atoms. The second-order valence-electron chi connectivity index (χ2n) is 5.32. The van der Waals surface area contributed by atoms with Gasteiger partial charge in [0.2, 0.25) is 0 Å². The number of aromatic amines is 1. The monoisotopic (exact) mass is 374 g/mol. The number of rotatable bonds is 5. The highest BCUT2D eigenvalue weighted by atomic mass is 32.2. The van der Waals surface area contributed by atoms with Crippen molar-refractivity contribution in [3.05, 3.63) is 59.8 Å². The Morgan fingerprint density at radius 1 is 1.08 bits per heavy atom. The van der Waals surface area contributed by atoms with Crippen LogP contribution in [-0.4, -0.2) is 37.6 Å². The normalized spacial score (nSPS) is 11.3. The Hall–Kier alpha value is -3.33. The number of ether oxygens (including phenoxy) is 1. The van der Waals surface area contributed by atoms with Gasteiger partial charge in [-0.2, -0.15) is 0 Å². The Labute approximate surface area is 148 Å². The Bertz CT molecular complexity index is 1120. The molecular weight excluding hydrogens is 360 g/mol. The maximum absolute atomic E-state index is 12.8. The molecule has 26 heavy (non-hydrogen) atoms. The number of para-hydroxylation sites is 1. The van der Waals surface area contributed by atoms with Crippen molar-refractivity contribution in [2.45, 2.75) is 4.90 Å². The second kappa shape index (κ2) is 6.52. The van der Waals surface area contributed by atoms with Crippen molar-refractivity contribution in [2.75, 3.05) is 11.8 Å². The summed E-state index contributed by atoms with van der Waals surface area (Å²) in [4.78, 5) is 25.7. The van der Waals surface area contributed by atoms with Crippen molar-refractivity contribution in [1.29, 1.82) is 0 Å². The molecule has 0 radical (unpaired) electrons. The first-order valence-corrected chi connectivity index (χ1v) is 8.87. The average Bonchev–Trinajstić information content (AvgIpc) is 2.99. The van der Waals surface area contributed by atoms with E-state index in [-0.39, 0.29) is 21.8 Å². The number of hydrogen-bond acceptors (Lipinski definition) is 5. The minimum atomic E-state index is -4.25. The molecule has 3 N–H and O–H groups in total. The van der Waals surface area contributed by atoms with Gasteiger partial charge < -0.3 is 14.8 Å². The summed E-state index contributed by atoms with van der Waals surface area (Å²) in [5, 5.41) is 9.77. The van der Waals surface area contributed by atoms with Gasteiger partial charge in [-0.15, -0.1) is 0 Å². The van der Waals surface area contributed by atoms with Crippen LogP contribution in [-0.2, 0) is 14.8 Å². The van der Waals surface area contributed by atoms with E-state index >= 15 is 0 Å². The van der Waals surface area contributed by atoms with Crippen molar-refractivity contribution < 1.29 is 27.9 Å². The third kappa shape index (κ3) is 3.00. The van der Waals surface area contributed by atoms with E-state index in [1.807, 2.05) is 0 Å². The number of methoxy groups -OCH3 is 1. The molecule has 0 saturated carbocycles. The molecule has 0 amide bonds. The molecule has 0 unspecified atom stereocenters. The van der Waals surface area contributed by atoms with Crippen molar-refractivity contribution in [2.24, 2.45) is 0 Å². The maximum atomic E-state index is 12.8. The first-order valence-electron chi connectivity index (χ1n) is 7.39. The number of esters is 1. The lowest BCUT2D eigenvalue weighted by atomic mass is 10.2. The van der Waals surface area contributed by atoms with Gasteiger partial charge in [0.1, 0.15) is 10.6 Å². The minimum Gasteiger partial charge on any atom is -0.477 e. The molecule has 2 aromatic carbocycles. The number of carboxylic acid groups (broad SMARTS) is 1. The van der Waals surface area contributed by atoms with E-state index < -0.39 is 22.0 Å². The van der Waals surface area contributed by atoms with Crippen LogP contribution in [0, 0.1) is 0 Å². The van der Waals surface area contributed by atoms with Crippen LogP contribution in [0.2, 0.25) is 0 Å². The molecule has 3 rings (SSSR count). The van der Waals surface area contributed by atoms with Gasteiger partial charge >= 0.3 is 11.9 Å². The molecular formula is C17H14N2O6S. The van der Waals surface area contributed by atoms with Crippen LogP contribution >= 0.6 is 0 Å². The SMILES string of the molecule is COC(=O)c1ccccc1S(=O)(=O)Nc1c(C(=O)O)[nH]c2ccccc12. The van der Waals surface area contributed by atoms with Crippen LogP contribution in [0.4, 0.5) is 5.69 Å². The van der Waals surface area contributed by atoms with Gasteiger partial charge in [-0.25, -0.2) is 18.0 Å². The van der Waals surface area contributed by atoms with Gasteiger partial charge in [0.15, 0.2) is 0 Å². The standard InChI is InChI=1S/C17H14N2O6S/c1-25-17(22)11-7-3-5-9-13(11)26(23,24)19-14-10-6-2-4-8-12(10)18-15(14)16(20)21/h2-9,18-19H,1H3,(H,20,21). The summed E-state index contributed by atoms with van der Waals surface area (Å²) in [6.45, 7) is 0. The number of sulfonamides is 1. The van der Waals surface area contributed by atoms with Crippen molar-refractivity contribution in [1.82, 2.24) is 4.98 Å². The Morgan fingerprint density at radius 3 is 2.42 bits per heavy atom. The Morgan fingerprint density at radius 2 is 1.73 bits per heavy atom. The van der Waals surface area contributed by atoms with Crippen molar-refractivity contribution in [3.8, 4) is 0 Å². The molecule has 0 fully saturated rings. The van der Waals surface area contributed by atoms with Gasteiger partial charge in [0.05, 0.1) is 18.4 Å². The highest BCUT2D eigenvalue weighted by Gasteiger charge is 2.26. The van der Waals surface area contributed by atoms with Crippen LogP contribution < -0.4 is 4.72 Å². The van der Waals surface area contributed by atoms with E-state index in [2.05, 4.69) is 14.4 Å². The number of carbonyl (C=O) groups is 2. The molecule has 0 aliphatic heterocycles. The summed E-state index contributed by atoms with van der Waals surface area (Å²) in [7, 11) is -3.11. The molecule has 8 nitrogen and oxygen atoms in total. The number of benzene rings is 2. The summed E-state index contributed by atoms with van der Waals surface area (Å²) in [5.74, 6) is -2.14. The maximum Gasteiger partial charge on any atom is 0.354 e. The van der Waals surface area contributed by atoms with E-state index in [9.17, 15) is 23.1 Å². The van der Waals surface area contributed by atoms with Crippen LogP contribution in [0.5, 0.6) is 0 Å². The summed E-state index contributed by atoms with van der Waals surface area (Å²) in [5.41, 5.74) is -0.0961. The Kier molecular flexibility index (Phi) is 4.39. The highest BCUT2D eigenvalue weighted by Crippen LogP contribution is 2.30. The topological polar surface area (TPSA) is 126 Å². The number of nitrogens with one attached hydrogen (secondary N) is 2. The summed E-state index contributed by atoms with van der Waals surface area (Å²) < 4.78 is 32.6. The number of fused-ring (bicyclic) bond motifs is 1. The lowest BCUT2D eigenvalue weighted by Gasteiger charge is -2.11. The van der Waals surface area contributed by atoms with Crippen LogP contribution in [0.3, 0.4) is 0 Å². The fraction of sp³-hybridized carbons (Fsp3) is 0.0588. The molecule has 134 valence electrons. The largest absolute Gasteiger partial charge is 0.477 e. The lowest BCUT2D eigenvalue weighted by molar-refractivity contribution is 0.0595. The number of anilines is 1. The predicted octanol–water partition coefficient (Wildman–Crippen LogP) is 2.45. The van der Waals surface area contributed by atoms with Gasteiger partial charge in [-0.05, 0) is 18.2 Å². The fourth-order valence-corrected chi connectivity index (χ4v) is 3.87. The molecule has 0 saturated heterocycles. The first-order chi connectivity index (χ1) is 12.3. The third-order valence-corrected chi connectivity index (χ3v) is 5.15. The van der Waals surface area contributed by atoms with E-state index in [1.165, 1.54) is 24.3 Å². The van der Waals surface area contributed by atoms with E-state index in [4.69, 9.17) is 0 Å². The van der Waals surface area contributed by atoms with Crippen LogP contribution in [0.1, 0.15) is 20.8 Å². The first kappa shape index (κ1) is 17.5. The molecule has 1 aromatic heterocycles. The summed E-state index contributed by atoms with van der Waals surface area (Å²) in [6, 6.07) is 12.1. The van der Waals surface area contributed by atoms with Crippen molar-refractivity contribution >= 4 is 38.6 Å². The average molecular weight is 374 g/mol. The van der Waals surface area contributed by atoms with E-state index in [0.717, 1.165) is 7.11 Å². The molecule has 0 bridgehead atoms. The van der Waals surface area contributed by atoms with Gasteiger partial charge in [-0.3, -0.25) is 4.72 Å². The zero-order valence-corrected chi connectivity index (χ0v) is 14.3. The third-order valence-electron chi connectivity index (χ3n) is 3.74. The molecule has 0 aliphatic carbocycles. The van der Waals surface area contributed by atoms with E-state index in [1.54, 1.807) is 24.3 Å². The smallest absolute Gasteiger partial charge is 0.354 e.